The largest absolute Gasteiger partial charge is 0.495 e. The Bertz CT molecular complexity index is 735. The van der Waals surface area contributed by atoms with E-state index in [1.165, 1.54) is 13.2 Å². The number of rotatable bonds is 4. The predicted molar refractivity (Wildman–Crippen MR) is 78.1 cm³/mol. The standard InChI is InChI=1S/C12H10Cl2N2O3S/c1-19-11-5-3-2-4-10(11)16-20(17,18)8-6-9(13)12(14)15-7-8/h2-7,16H,1H3. The number of pyridine rings is 1. The van der Waals surface area contributed by atoms with Crippen molar-refractivity contribution >= 4 is 38.9 Å². The van der Waals surface area contributed by atoms with Gasteiger partial charge in [-0.3, -0.25) is 4.72 Å². The number of hydrogen-bond donors (Lipinski definition) is 1. The molecule has 20 heavy (non-hydrogen) atoms. The minimum Gasteiger partial charge on any atom is -0.495 e. The number of nitrogens with zero attached hydrogens (tertiary/aromatic N) is 1. The molecule has 5 nitrogen and oxygen atoms in total. The zero-order valence-electron chi connectivity index (χ0n) is 10.3. The van der Waals surface area contributed by atoms with E-state index in [1.54, 1.807) is 24.3 Å². The second-order valence-electron chi connectivity index (χ2n) is 3.75. The summed E-state index contributed by atoms with van der Waals surface area (Å²) in [4.78, 5) is 3.63. The number of halogens is 2. The first-order valence-corrected chi connectivity index (χ1v) is 7.65. The van der Waals surface area contributed by atoms with Gasteiger partial charge in [0.15, 0.2) is 0 Å². The zero-order chi connectivity index (χ0) is 14.8. The maximum Gasteiger partial charge on any atom is 0.263 e. The van der Waals surface area contributed by atoms with E-state index in [9.17, 15) is 8.42 Å². The molecule has 0 bridgehead atoms. The number of para-hydroxylation sites is 2. The molecule has 0 aliphatic carbocycles. The van der Waals surface area contributed by atoms with Crippen LogP contribution in [0.1, 0.15) is 0 Å². The van der Waals surface area contributed by atoms with E-state index < -0.39 is 10.0 Å². The van der Waals surface area contributed by atoms with Gasteiger partial charge in [0.1, 0.15) is 15.8 Å². The average molecular weight is 333 g/mol. The van der Waals surface area contributed by atoms with E-state index in [0.29, 0.717) is 11.4 Å². The Morgan fingerprint density at radius 1 is 1.25 bits per heavy atom. The highest BCUT2D eigenvalue weighted by Gasteiger charge is 2.18. The molecule has 0 aliphatic rings. The topological polar surface area (TPSA) is 68.3 Å². The van der Waals surface area contributed by atoms with Crippen molar-refractivity contribution in [1.29, 1.82) is 0 Å². The monoisotopic (exact) mass is 332 g/mol. The molecule has 0 saturated heterocycles. The summed E-state index contributed by atoms with van der Waals surface area (Å²) < 4.78 is 31.9. The van der Waals surface area contributed by atoms with Crippen LogP contribution in [0.25, 0.3) is 0 Å². The lowest BCUT2D eigenvalue weighted by molar-refractivity contribution is 0.417. The summed E-state index contributed by atoms with van der Waals surface area (Å²) in [6.45, 7) is 0. The number of methoxy groups -OCH3 is 1. The normalized spacial score (nSPS) is 11.2. The van der Waals surface area contributed by atoms with Crippen LogP contribution in [-0.2, 0) is 10.0 Å². The van der Waals surface area contributed by atoms with Gasteiger partial charge >= 0.3 is 0 Å². The molecule has 1 N–H and O–H groups in total. The highest BCUT2D eigenvalue weighted by atomic mass is 35.5. The van der Waals surface area contributed by atoms with Gasteiger partial charge in [-0.1, -0.05) is 35.3 Å². The van der Waals surface area contributed by atoms with E-state index in [2.05, 4.69) is 9.71 Å². The van der Waals surface area contributed by atoms with Gasteiger partial charge in [-0.2, -0.15) is 0 Å². The highest BCUT2D eigenvalue weighted by Crippen LogP contribution is 2.27. The second-order valence-corrected chi connectivity index (χ2v) is 6.20. The van der Waals surface area contributed by atoms with E-state index in [4.69, 9.17) is 27.9 Å². The van der Waals surface area contributed by atoms with E-state index in [0.717, 1.165) is 6.20 Å². The Kier molecular flexibility index (Phi) is 4.37. The lowest BCUT2D eigenvalue weighted by atomic mass is 10.3. The number of benzene rings is 1. The number of sulfonamides is 1. The lowest BCUT2D eigenvalue weighted by Crippen LogP contribution is -2.14. The van der Waals surface area contributed by atoms with Gasteiger partial charge in [0.05, 0.1) is 17.8 Å². The first-order valence-electron chi connectivity index (χ1n) is 5.41. The van der Waals surface area contributed by atoms with Gasteiger partial charge in [-0.05, 0) is 18.2 Å². The second kappa shape index (κ2) is 5.87. The first-order chi connectivity index (χ1) is 9.44. The van der Waals surface area contributed by atoms with Crippen molar-refractivity contribution in [3.63, 3.8) is 0 Å². The van der Waals surface area contributed by atoms with E-state index >= 15 is 0 Å². The summed E-state index contributed by atoms with van der Waals surface area (Å²) in [6, 6.07) is 7.88. The summed E-state index contributed by atoms with van der Waals surface area (Å²) >= 11 is 11.4. The predicted octanol–water partition coefficient (Wildman–Crippen LogP) is 3.20. The van der Waals surface area contributed by atoms with Crippen LogP contribution in [0.2, 0.25) is 10.2 Å². The van der Waals surface area contributed by atoms with Crippen molar-refractivity contribution in [2.24, 2.45) is 0 Å². The fourth-order valence-corrected chi connectivity index (χ4v) is 2.86. The summed E-state index contributed by atoms with van der Waals surface area (Å²) in [6.07, 6.45) is 1.13. The molecule has 0 aliphatic heterocycles. The number of hydrogen-bond acceptors (Lipinski definition) is 4. The van der Waals surface area contributed by atoms with Gasteiger partial charge < -0.3 is 4.74 Å². The van der Waals surface area contributed by atoms with Crippen molar-refractivity contribution in [3.05, 3.63) is 46.7 Å². The summed E-state index contributed by atoms with van der Waals surface area (Å²) in [5.41, 5.74) is 0.320. The molecule has 0 amide bonds. The van der Waals surface area contributed by atoms with Crippen LogP contribution in [0.4, 0.5) is 5.69 Å². The van der Waals surface area contributed by atoms with Gasteiger partial charge in [0.25, 0.3) is 10.0 Å². The Labute approximate surface area is 126 Å². The molecular formula is C12H10Cl2N2O3S. The molecular weight excluding hydrogens is 323 g/mol. The lowest BCUT2D eigenvalue weighted by Gasteiger charge is -2.11. The molecule has 0 atom stereocenters. The van der Waals surface area contributed by atoms with Gasteiger partial charge in [0.2, 0.25) is 0 Å². The molecule has 0 saturated carbocycles. The van der Waals surface area contributed by atoms with E-state index in [1.807, 2.05) is 0 Å². The van der Waals surface area contributed by atoms with Gasteiger partial charge in [-0.15, -0.1) is 0 Å². The van der Waals surface area contributed by atoms with Crippen molar-refractivity contribution in [1.82, 2.24) is 4.98 Å². The third-order valence-corrected chi connectivity index (χ3v) is 4.45. The number of ether oxygens (including phenoxy) is 1. The highest BCUT2D eigenvalue weighted by molar-refractivity contribution is 7.92. The molecule has 2 rings (SSSR count). The van der Waals surface area contributed by atoms with Gasteiger partial charge in [-0.25, -0.2) is 13.4 Å². The Hall–Kier alpha value is -1.50. The Morgan fingerprint density at radius 2 is 1.95 bits per heavy atom. The fourth-order valence-electron chi connectivity index (χ4n) is 1.48. The third-order valence-electron chi connectivity index (χ3n) is 2.43. The minimum atomic E-state index is -3.82. The van der Waals surface area contributed by atoms with Crippen molar-refractivity contribution in [2.75, 3.05) is 11.8 Å². The molecule has 0 fully saturated rings. The molecule has 106 valence electrons. The number of nitrogens with one attached hydrogen (secondary N) is 1. The van der Waals surface area contributed by atoms with E-state index in [-0.39, 0.29) is 15.1 Å². The van der Waals surface area contributed by atoms with Crippen LogP contribution in [0.3, 0.4) is 0 Å². The SMILES string of the molecule is COc1ccccc1NS(=O)(=O)c1cnc(Cl)c(Cl)c1. The average Bonchev–Trinajstić information content (AvgIpc) is 2.42. The zero-order valence-corrected chi connectivity index (χ0v) is 12.6. The summed E-state index contributed by atoms with van der Waals surface area (Å²) in [5.74, 6) is 0.407. The van der Waals surface area contributed by atoms with Crippen LogP contribution in [-0.4, -0.2) is 20.5 Å². The quantitative estimate of drug-likeness (QED) is 0.873. The first kappa shape index (κ1) is 14.9. The molecule has 0 spiro atoms. The Morgan fingerprint density at radius 3 is 2.60 bits per heavy atom. The molecule has 2 aromatic rings. The minimum absolute atomic E-state index is 0.0444. The van der Waals surface area contributed by atoms with Crippen molar-refractivity contribution in [2.45, 2.75) is 4.90 Å². The van der Waals surface area contributed by atoms with Gasteiger partial charge in [0, 0.05) is 6.20 Å². The van der Waals surface area contributed by atoms with Crippen LogP contribution >= 0.6 is 23.2 Å². The molecule has 1 heterocycles. The van der Waals surface area contributed by atoms with Crippen LogP contribution in [0.5, 0.6) is 5.75 Å². The fraction of sp³-hybridized carbons (Fsp3) is 0.0833. The molecule has 1 aromatic carbocycles. The number of anilines is 1. The maximum atomic E-state index is 12.2. The summed E-state index contributed by atoms with van der Waals surface area (Å²) in [5, 5.41) is 0.109. The van der Waals surface area contributed by atoms with Crippen molar-refractivity contribution in [3.8, 4) is 5.75 Å². The summed E-state index contributed by atoms with van der Waals surface area (Å²) in [7, 11) is -2.37. The number of aromatic nitrogens is 1. The molecule has 1 aromatic heterocycles. The molecule has 0 radical (unpaired) electrons. The molecule has 8 heteroatoms. The smallest absolute Gasteiger partial charge is 0.263 e. The third kappa shape index (κ3) is 3.15. The van der Waals surface area contributed by atoms with Crippen LogP contribution < -0.4 is 9.46 Å². The maximum absolute atomic E-state index is 12.2. The van der Waals surface area contributed by atoms with Crippen LogP contribution in [0, 0.1) is 0 Å². The molecule has 0 unspecified atom stereocenters. The van der Waals surface area contributed by atoms with Crippen molar-refractivity contribution < 1.29 is 13.2 Å². The van der Waals surface area contributed by atoms with Crippen LogP contribution in [0.15, 0.2) is 41.4 Å². The Balaban J connectivity index is 2.38.